The number of carbonyl (C=O) groups is 4. The second kappa shape index (κ2) is 14.5. The fraction of sp³-hybridized carbons (Fsp3) is 0.412. The monoisotopic (exact) mass is 602 g/mol. The summed E-state index contributed by atoms with van der Waals surface area (Å²) in [6.45, 7) is 5.56. The number of ether oxygens (including phenoxy) is 1. The number of hydroxylamine groups is 1. The van der Waals surface area contributed by atoms with E-state index in [0.29, 0.717) is 12.8 Å². The van der Waals surface area contributed by atoms with Crippen LogP contribution in [0.3, 0.4) is 0 Å². The van der Waals surface area contributed by atoms with Gasteiger partial charge in [0, 0.05) is 26.5 Å². The van der Waals surface area contributed by atoms with Crippen molar-refractivity contribution in [2.45, 2.75) is 82.7 Å². The predicted octanol–water partition coefficient (Wildman–Crippen LogP) is 3.47. The average molecular weight is 603 g/mol. The van der Waals surface area contributed by atoms with E-state index in [-0.39, 0.29) is 31.7 Å². The summed E-state index contributed by atoms with van der Waals surface area (Å²) in [6.07, 6.45) is 0.747. The summed E-state index contributed by atoms with van der Waals surface area (Å²) in [5, 5.41) is 10.5. The molecule has 0 bridgehead atoms. The van der Waals surface area contributed by atoms with E-state index >= 15 is 0 Å². The van der Waals surface area contributed by atoms with Crippen molar-refractivity contribution in [3.05, 3.63) is 83.9 Å². The molecule has 4 rings (SSSR count). The molecule has 1 aliphatic carbocycles. The molecule has 0 saturated heterocycles. The van der Waals surface area contributed by atoms with Crippen LogP contribution >= 0.6 is 0 Å². The van der Waals surface area contributed by atoms with E-state index in [1.54, 1.807) is 20.8 Å². The number of benzene rings is 3. The number of amides is 4. The van der Waals surface area contributed by atoms with Crippen molar-refractivity contribution in [2.24, 2.45) is 0 Å². The maximum Gasteiger partial charge on any atom is 0.248 e. The molecule has 1 aliphatic rings. The van der Waals surface area contributed by atoms with Gasteiger partial charge in [0.2, 0.25) is 23.6 Å². The van der Waals surface area contributed by atoms with Crippen LogP contribution in [0.25, 0.3) is 10.8 Å². The van der Waals surface area contributed by atoms with Gasteiger partial charge in [-0.15, -0.1) is 0 Å². The number of hydrogen-bond acceptors (Lipinski definition) is 6. The molecule has 44 heavy (non-hydrogen) atoms. The lowest BCUT2D eigenvalue weighted by Gasteiger charge is -2.24. The Morgan fingerprint density at radius 1 is 0.932 bits per heavy atom. The highest BCUT2D eigenvalue weighted by molar-refractivity contribution is 5.99. The molecule has 0 radical (unpaired) electrons. The van der Waals surface area contributed by atoms with E-state index in [1.165, 1.54) is 7.11 Å². The Labute approximate surface area is 258 Å². The zero-order valence-electron chi connectivity index (χ0n) is 25.8. The van der Waals surface area contributed by atoms with Gasteiger partial charge >= 0.3 is 0 Å². The Hall–Kier alpha value is -4.28. The zero-order chi connectivity index (χ0) is 31.7. The van der Waals surface area contributed by atoms with Crippen LogP contribution in [0.1, 0.15) is 57.6 Å². The summed E-state index contributed by atoms with van der Waals surface area (Å²) in [7, 11) is 1.47. The minimum absolute atomic E-state index is 0.163. The van der Waals surface area contributed by atoms with E-state index in [1.807, 2.05) is 72.8 Å². The van der Waals surface area contributed by atoms with Crippen molar-refractivity contribution in [2.75, 3.05) is 7.11 Å². The maximum atomic E-state index is 13.6. The van der Waals surface area contributed by atoms with E-state index in [4.69, 9.17) is 9.57 Å². The summed E-state index contributed by atoms with van der Waals surface area (Å²) in [4.78, 5) is 58.1. The Morgan fingerprint density at radius 2 is 1.64 bits per heavy atom. The van der Waals surface area contributed by atoms with E-state index in [2.05, 4.69) is 21.4 Å². The van der Waals surface area contributed by atoms with E-state index < -0.39 is 41.0 Å². The van der Waals surface area contributed by atoms with Crippen molar-refractivity contribution < 1.29 is 28.8 Å². The minimum atomic E-state index is -1.33. The van der Waals surface area contributed by atoms with Gasteiger partial charge in [0.15, 0.2) is 0 Å². The molecule has 3 aromatic rings. The number of carbonyl (C=O) groups excluding carboxylic acids is 4. The summed E-state index contributed by atoms with van der Waals surface area (Å²) >= 11 is 0. The standard InChI is InChI=1S/C34H42N4O6/c1-33(2,3)44-38-30(40)20-27(36-29(39)19-10-14-23-12-6-5-7-13-23)31(41)37-34(21-28(34)43-4)32(42)35-22-25-17-11-16-24-15-8-9-18-26(24)25/h5-9,11-13,15-18,27-28H,10,14,19-22H2,1-4H3,(H,35,42)(H,36,39)(H,37,41)(H,38,40)/t27-,28+,34+/m0/s1. The Balaban J connectivity index is 1.42. The summed E-state index contributed by atoms with van der Waals surface area (Å²) in [5.74, 6) is -2.02. The largest absolute Gasteiger partial charge is 0.378 e. The molecule has 4 amide bonds. The van der Waals surface area contributed by atoms with Crippen LogP contribution in [0.2, 0.25) is 0 Å². The Bertz CT molecular complexity index is 1470. The van der Waals surface area contributed by atoms with E-state index in [9.17, 15) is 19.2 Å². The lowest BCUT2D eigenvalue weighted by Crippen LogP contribution is -2.57. The molecule has 10 heteroatoms. The van der Waals surface area contributed by atoms with Crippen LogP contribution in [0.15, 0.2) is 72.8 Å². The molecule has 3 atom stereocenters. The quantitative estimate of drug-likeness (QED) is 0.209. The second-order valence-corrected chi connectivity index (χ2v) is 12.1. The normalized spacial score (nSPS) is 18.2. The minimum Gasteiger partial charge on any atom is -0.378 e. The lowest BCUT2D eigenvalue weighted by atomic mass is 10.0. The first-order valence-electron chi connectivity index (χ1n) is 14.9. The van der Waals surface area contributed by atoms with Gasteiger partial charge in [0.25, 0.3) is 0 Å². The van der Waals surface area contributed by atoms with Gasteiger partial charge in [-0.1, -0.05) is 72.8 Å². The van der Waals surface area contributed by atoms with Gasteiger partial charge in [-0.3, -0.25) is 24.0 Å². The highest BCUT2D eigenvalue weighted by atomic mass is 16.7. The van der Waals surface area contributed by atoms with Crippen molar-refractivity contribution in [1.29, 1.82) is 0 Å². The average Bonchev–Trinajstić information content (AvgIpc) is 3.72. The number of hydrogen-bond donors (Lipinski definition) is 4. The van der Waals surface area contributed by atoms with Gasteiger partial charge in [-0.25, -0.2) is 5.48 Å². The number of rotatable bonds is 14. The highest BCUT2D eigenvalue weighted by Crippen LogP contribution is 2.39. The number of fused-ring (bicyclic) bond motifs is 1. The smallest absolute Gasteiger partial charge is 0.248 e. The van der Waals surface area contributed by atoms with Gasteiger partial charge in [-0.05, 0) is 55.5 Å². The van der Waals surface area contributed by atoms with Crippen LogP contribution in [0.5, 0.6) is 0 Å². The van der Waals surface area contributed by atoms with Crippen LogP contribution in [0.4, 0.5) is 0 Å². The van der Waals surface area contributed by atoms with Gasteiger partial charge in [0.05, 0.1) is 18.1 Å². The molecule has 0 aliphatic heterocycles. The fourth-order valence-corrected chi connectivity index (χ4v) is 5.04. The Kier molecular flexibility index (Phi) is 10.7. The predicted molar refractivity (Wildman–Crippen MR) is 167 cm³/mol. The third kappa shape index (κ3) is 8.87. The van der Waals surface area contributed by atoms with Gasteiger partial charge < -0.3 is 20.7 Å². The molecule has 0 heterocycles. The first kappa shape index (κ1) is 32.6. The zero-order valence-corrected chi connectivity index (χ0v) is 25.8. The molecule has 1 saturated carbocycles. The SMILES string of the molecule is CO[C@@H]1C[C@]1(NC(=O)[C@H](CC(=O)NOC(C)(C)C)NC(=O)CCCc1ccccc1)C(=O)NCc1cccc2ccccc12. The summed E-state index contributed by atoms with van der Waals surface area (Å²) in [6, 6.07) is 22.3. The summed E-state index contributed by atoms with van der Waals surface area (Å²) in [5.41, 5.74) is 2.40. The van der Waals surface area contributed by atoms with Crippen molar-refractivity contribution in [1.82, 2.24) is 21.4 Å². The molecular weight excluding hydrogens is 560 g/mol. The molecule has 0 unspecified atom stereocenters. The maximum absolute atomic E-state index is 13.6. The van der Waals surface area contributed by atoms with E-state index in [0.717, 1.165) is 21.9 Å². The molecule has 10 nitrogen and oxygen atoms in total. The fourth-order valence-electron chi connectivity index (χ4n) is 5.04. The van der Waals surface area contributed by atoms with Crippen molar-refractivity contribution in [3.8, 4) is 0 Å². The molecule has 4 N–H and O–H groups in total. The van der Waals surface area contributed by atoms with Gasteiger partial charge in [-0.2, -0.15) is 0 Å². The highest BCUT2D eigenvalue weighted by Gasteiger charge is 2.62. The number of aryl methyl sites for hydroxylation is 1. The topological polar surface area (TPSA) is 135 Å². The van der Waals surface area contributed by atoms with Crippen molar-refractivity contribution >= 4 is 34.4 Å². The first-order valence-corrected chi connectivity index (χ1v) is 14.9. The third-order valence-corrected chi connectivity index (χ3v) is 7.48. The molecule has 0 aromatic heterocycles. The van der Waals surface area contributed by atoms with Crippen molar-refractivity contribution in [3.63, 3.8) is 0 Å². The van der Waals surface area contributed by atoms with Crippen LogP contribution in [-0.2, 0) is 41.7 Å². The molecule has 1 fully saturated rings. The molecule has 234 valence electrons. The third-order valence-electron chi connectivity index (χ3n) is 7.48. The van der Waals surface area contributed by atoms with Crippen LogP contribution in [0, 0.1) is 0 Å². The molecule has 0 spiro atoms. The molecular formula is C34H42N4O6. The Morgan fingerprint density at radius 3 is 2.34 bits per heavy atom. The van der Waals surface area contributed by atoms with Gasteiger partial charge in [0.1, 0.15) is 11.6 Å². The number of nitrogens with one attached hydrogen (secondary N) is 4. The lowest BCUT2D eigenvalue weighted by molar-refractivity contribution is -0.147. The van der Waals surface area contributed by atoms with Crippen LogP contribution < -0.4 is 21.4 Å². The molecule has 3 aromatic carbocycles. The van der Waals surface area contributed by atoms with Crippen LogP contribution in [-0.4, -0.2) is 54.0 Å². The summed E-state index contributed by atoms with van der Waals surface area (Å²) < 4.78 is 5.47. The number of methoxy groups -OCH3 is 1. The second-order valence-electron chi connectivity index (χ2n) is 12.1. The first-order chi connectivity index (χ1) is 21.0.